The summed E-state index contributed by atoms with van der Waals surface area (Å²) in [7, 11) is 0. The monoisotopic (exact) mass is 360 g/mol. The van der Waals surface area contributed by atoms with Crippen molar-refractivity contribution in [3.05, 3.63) is 82.0 Å². The Bertz CT molecular complexity index is 1080. The lowest BCUT2D eigenvalue weighted by molar-refractivity contribution is 1.12. The molecule has 128 valence electrons. The maximum atomic E-state index is 12.0. The molecule has 2 heterocycles. The number of hydrogen-bond donors (Lipinski definition) is 2. The van der Waals surface area contributed by atoms with Crippen LogP contribution >= 0.6 is 11.3 Å². The van der Waals surface area contributed by atoms with Crippen LogP contribution in [0.4, 0.5) is 11.1 Å². The maximum absolute atomic E-state index is 12.0. The van der Waals surface area contributed by atoms with E-state index in [1.165, 1.54) is 17.4 Å². The lowest BCUT2D eigenvalue weighted by Crippen LogP contribution is -2.10. The van der Waals surface area contributed by atoms with Crippen LogP contribution in [0, 0.1) is 6.92 Å². The van der Waals surface area contributed by atoms with Crippen molar-refractivity contribution < 1.29 is 0 Å². The lowest BCUT2D eigenvalue weighted by atomic mass is 10.1. The molecule has 0 unspecified atom stereocenters. The number of thiazole rings is 1. The van der Waals surface area contributed by atoms with Crippen LogP contribution in [-0.2, 0) is 0 Å². The first-order chi connectivity index (χ1) is 12.7. The van der Waals surface area contributed by atoms with Gasteiger partial charge in [0.15, 0.2) is 5.13 Å². The standard InChI is InChI=1S/C20H16N4OS/c1-13-7-9-15(10-8-13)16-11-18(25)23-19(21-16)24-20-22-17(12-26-20)14-5-3-2-4-6-14/h2-12H,1H3,(H2,21,22,23,24,25). The molecule has 6 heteroatoms. The van der Waals surface area contributed by atoms with Crippen molar-refractivity contribution in [1.29, 1.82) is 0 Å². The van der Waals surface area contributed by atoms with Crippen molar-refractivity contribution in [2.45, 2.75) is 6.92 Å². The second-order valence-corrected chi connectivity index (χ2v) is 6.73. The van der Waals surface area contributed by atoms with Gasteiger partial charge in [-0.3, -0.25) is 9.78 Å². The first kappa shape index (κ1) is 16.2. The van der Waals surface area contributed by atoms with Gasteiger partial charge in [-0.1, -0.05) is 60.2 Å². The van der Waals surface area contributed by atoms with E-state index in [0.29, 0.717) is 16.8 Å². The molecule has 0 saturated carbocycles. The highest BCUT2D eigenvalue weighted by Gasteiger charge is 2.08. The van der Waals surface area contributed by atoms with Crippen LogP contribution in [-0.4, -0.2) is 15.0 Å². The summed E-state index contributed by atoms with van der Waals surface area (Å²) in [5.74, 6) is 0.377. The van der Waals surface area contributed by atoms with Crippen LogP contribution in [0.2, 0.25) is 0 Å². The zero-order valence-corrected chi connectivity index (χ0v) is 14.9. The van der Waals surface area contributed by atoms with E-state index in [1.807, 2.05) is 66.9 Å². The van der Waals surface area contributed by atoms with E-state index in [0.717, 1.165) is 22.4 Å². The van der Waals surface area contributed by atoms with E-state index in [4.69, 9.17) is 0 Å². The number of rotatable bonds is 4. The summed E-state index contributed by atoms with van der Waals surface area (Å²) in [6.07, 6.45) is 0. The van der Waals surface area contributed by atoms with Gasteiger partial charge in [-0.25, -0.2) is 9.97 Å². The molecule has 4 aromatic rings. The number of H-pyrrole nitrogens is 1. The lowest BCUT2D eigenvalue weighted by Gasteiger charge is -2.05. The van der Waals surface area contributed by atoms with Crippen LogP contribution < -0.4 is 10.9 Å². The minimum Gasteiger partial charge on any atom is -0.302 e. The molecule has 0 aliphatic carbocycles. The van der Waals surface area contributed by atoms with Crippen molar-refractivity contribution in [2.75, 3.05) is 5.32 Å². The van der Waals surface area contributed by atoms with Crippen molar-refractivity contribution in [2.24, 2.45) is 0 Å². The Labute approximate surface area is 154 Å². The normalized spacial score (nSPS) is 10.7. The summed E-state index contributed by atoms with van der Waals surface area (Å²) in [4.78, 5) is 23.8. The van der Waals surface area contributed by atoms with Crippen LogP contribution in [0.15, 0.2) is 70.8 Å². The highest BCUT2D eigenvalue weighted by molar-refractivity contribution is 7.14. The van der Waals surface area contributed by atoms with E-state index < -0.39 is 0 Å². The van der Waals surface area contributed by atoms with Crippen molar-refractivity contribution in [3.63, 3.8) is 0 Å². The summed E-state index contributed by atoms with van der Waals surface area (Å²) in [5.41, 5.74) is 4.40. The zero-order valence-electron chi connectivity index (χ0n) is 14.1. The quantitative estimate of drug-likeness (QED) is 0.557. The molecule has 0 bridgehead atoms. The highest BCUT2D eigenvalue weighted by atomic mass is 32.1. The van der Waals surface area contributed by atoms with Gasteiger partial charge in [0.2, 0.25) is 5.95 Å². The molecule has 5 nitrogen and oxygen atoms in total. The highest BCUT2D eigenvalue weighted by Crippen LogP contribution is 2.26. The Hall–Kier alpha value is -3.25. The van der Waals surface area contributed by atoms with Gasteiger partial charge in [-0.05, 0) is 6.92 Å². The third kappa shape index (κ3) is 3.55. The number of aromatic nitrogens is 3. The van der Waals surface area contributed by atoms with E-state index in [1.54, 1.807) is 0 Å². The molecular formula is C20H16N4OS. The predicted octanol–water partition coefficient (Wildman–Crippen LogP) is 4.61. The number of aromatic amines is 1. The number of hydrogen-bond acceptors (Lipinski definition) is 5. The van der Waals surface area contributed by atoms with E-state index >= 15 is 0 Å². The fraction of sp³-hybridized carbons (Fsp3) is 0.0500. The molecule has 0 aliphatic heterocycles. The van der Waals surface area contributed by atoms with Gasteiger partial charge in [0, 0.05) is 22.6 Å². The largest absolute Gasteiger partial charge is 0.302 e. The number of benzene rings is 2. The molecule has 26 heavy (non-hydrogen) atoms. The van der Waals surface area contributed by atoms with Crippen molar-refractivity contribution in [3.8, 4) is 22.5 Å². The first-order valence-electron chi connectivity index (χ1n) is 8.14. The molecule has 0 radical (unpaired) electrons. The van der Waals surface area contributed by atoms with Gasteiger partial charge >= 0.3 is 0 Å². The molecule has 0 fully saturated rings. The maximum Gasteiger partial charge on any atom is 0.252 e. The Kier molecular flexibility index (Phi) is 4.33. The Morgan fingerprint density at radius 1 is 0.923 bits per heavy atom. The molecule has 0 amide bonds. The Balaban J connectivity index is 1.62. The number of nitrogens with one attached hydrogen (secondary N) is 2. The summed E-state index contributed by atoms with van der Waals surface area (Å²) in [6.45, 7) is 2.02. The van der Waals surface area contributed by atoms with Crippen LogP contribution in [0.5, 0.6) is 0 Å². The van der Waals surface area contributed by atoms with Gasteiger partial charge in [0.1, 0.15) is 0 Å². The first-order valence-corrected chi connectivity index (χ1v) is 9.02. The van der Waals surface area contributed by atoms with Crippen LogP contribution in [0.1, 0.15) is 5.56 Å². The van der Waals surface area contributed by atoms with Gasteiger partial charge in [-0.2, -0.15) is 0 Å². The van der Waals surface area contributed by atoms with Crippen molar-refractivity contribution >= 4 is 22.4 Å². The molecule has 0 spiro atoms. The van der Waals surface area contributed by atoms with E-state index in [-0.39, 0.29) is 5.56 Å². The van der Waals surface area contributed by atoms with Gasteiger partial charge in [-0.15, -0.1) is 11.3 Å². The summed E-state index contributed by atoms with van der Waals surface area (Å²) < 4.78 is 0. The molecule has 2 N–H and O–H groups in total. The summed E-state index contributed by atoms with van der Waals surface area (Å²) in [5, 5.41) is 5.74. The molecule has 2 aromatic carbocycles. The molecule has 0 saturated heterocycles. The molecule has 0 atom stereocenters. The molecule has 0 aliphatic rings. The molecule has 2 aromatic heterocycles. The third-order valence-electron chi connectivity index (χ3n) is 3.89. The van der Waals surface area contributed by atoms with Crippen LogP contribution in [0.3, 0.4) is 0 Å². The van der Waals surface area contributed by atoms with Crippen molar-refractivity contribution in [1.82, 2.24) is 15.0 Å². The smallest absolute Gasteiger partial charge is 0.252 e. The Morgan fingerprint density at radius 2 is 1.65 bits per heavy atom. The summed E-state index contributed by atoms with van der Waals surface area (Å²) >= 11 is 1.46. The third-order valence-corrected chi connectivity index (χ3v) is 4.65. The zero-order chi connectivity index (χ0) is 17.9. The number of aryl methyl sites for hydroxylation is 1. The fourth-order valence-corrected chi connectivity index (χ4v) is 3.28. The number of nitrogens with zero attached hydrogens (tertiary/aromatic N) is 2. The minimum atomic E-state index is -0.210. The second kappa shape index (κ2) is 6.93. The van der Waals surface area contributed by atoms with Crippen LogP contribution in [0.25, 0.3) is 22.5 Å². The fourth-order valence-electron chi connectivity index (χ4n) is 2.56. The summed E-state index contributed by atoms with van der Waals surface area (Å²) in [6, 6.07) is 19.4. The molecule has 4 rings (SSSR count). The number of anilines is 2. The molecular weight excluding hydrogens is 344 g/mol. The van der Waals surface area contributed by atoms with E-state index in [2.05, 4.69) is 20.3 Å². The van der Waals surface area contributed by atoms with Gasteiger partial charge in [0.25, 0.3) is 5.56 Å². The van der Waals surface area contributed by atoms with Gasteiger partial charge < -0.3 is 5.32 Å². The van der Waals surface area contributed by atoms with E-state index in [9.17, 15) is 4.79 Å². The predicted molar refractivity (Wildman–Crippen MR) is 106 cm³/mol. The van der Waals surface area contributed by atoms with Gasteiger partial charge in [0.05, 0.1) is 11.4 Å². The second-order valence-electron chi connectivity index (χ2n) is 5.87. The average Bonchev–Trinajstić information content (AvgIpc) is 3.11. The minimum absolute atomic E-state index is 0.210. The Morgan fingerprint density at radius 3 is 2.42 bits per heavy atom. The SMILES string of the molecule is Cc1ccc(-c2cc(=O)[nH]c(Nc3nc(-c4ccccc4)cs3)n2)cc1. The average molecular weight is 360 g/mol. The topological polar surface area (TPSA) is 70.7 Å².